The second-order valence-corrected chi connectivity index (χ2v) is 9.44. The molecule has 0 unspecified atom stereocenters. The number of rotatable bonds is 3. The Morgan fingerprint density at radius 1 is 0.615 bits per heavy atom. The van der Waals surface area contributed by atoms with Crippen molar-refractivity contribution in [3.63, 3.8) is 0 Å². The van der Waals surface area contributed by atoms with Gasteiger partial charge in [0.1, 0.15) is 11.6 Å². The Kier molecular flexibility index (Phi) is 5.66. The molecule has 0 amide bonds. The summed E-state index contributed by atoms with van der Waals surface area (Å²) in [4.78, 5) is 0. The molecular formula is C24H34F2. The van der Waals surface area contributed by atoms with Crippen LogP contribution in [-0.2, 0) is 0 Å². The van der Waals surface area contributed by atoms with Gasteiger partial charge >= 0.3 is 0 Å². The summed E-state index contributed by atoms with van der Waals surface area (Å²) in [6, 6.07) is 3.16. The lowest BCUT2D eigenvalue weighted by Gasteiger charge is -2.39. The maximum atomic E-state index is 13.9. The van der Waals surface area contributed by atoms with Crippen molar-refractivity contribution < 1.29 is 8.78 Å². The van der Waals surface area contributed by atoms with E-state index in [1.165, 1.54) is 71.1 Å². The average molecular weight is 361 g/mol. The Morgan fingerprint density at radius 2 is 1.00 bits per heavy atom. The molecule has 0 N–H and O–H groups in total. The molecule has 3 saturated carbocycles. The van der Waals surface area contributed by atoms with E-state index in [4.69, 9.17) is 0 Å². The lowest BCUT2D eigenvalue weighted by atomic mass is 9.66. The van der Waals surface area contributed by atoms with E-state index in [2.05, 4.69) is 0 Å². The monoisotopic (exact) mass is 360 g/mol. The first kappa shape index (κ1) is 18.4. The zero-order chi connectivity index (χ0) is 18.1. The van der Waals surface area contributed by atoms with Crippen molar-refractivity contribution in [3.05, 3.63) is 34.9 Å². The zero-order valence-electron chi connectivity index (χ0n) is 16.3. The van der Waals surface area contributed by atoms with Crippen LogP contribution >= 0.6 is 0 Å². The summed E-state index contributed by atoms with van der Waals surface area (Å²) in [5.74, 6) is 3.42. The molecule has 0 nitrogen and oxygen atoms in total. The van der Waals surface area contributed by atoms with Crippen molar-refractivity contribution in [2.45, 2.75) is 89.9 Å². The predicted octanol–water partition coefficient (Wildman–Crippen LogP) is 7.54. The van der Waals surface area contributed by atoms with Gasteiger partial charge in [0, 0.05) is 5.56 Å². The maximum Gasteiger partial charge on any atom is 0.129 e. The van der Waals surface area contributed by atoms with Crippen LogP contribution in [0.3, 0.4) is 0 Å². The third-order valence-electron chi connectivity index (χ3n) is 8.10. The highest BCUT2D eigenvalue weighted by molar-refractivity contribution is 5.28. The van der Waals surface area contributed by atoms with E-state index in [1.54, 1.807) is 12.1 Å². The smallest absolute Gasteiger partial charge is 0.129 e. The van der Waals surface area contributed by atoms with E-state index >= 15 is 0 Å². The fourth-order valence-corrected chi connectivity index (χ4v) is 6.34. The highest BCUT2D eigenvalue weighted by atomic mass is 19.1. The summed E-state index contributed by atoms with van der Waals surface area (Å²) in [6.07, 6.45) is 16.4. The lowest BCUT2D eigenvalue weighted by molar-refractivity contribution is 0.135. The van der Waals surface area contributed by atoms with Crippen LogP contribution < -0.4 is 0 Å². The minimum atomic E-state index is -0.382. The first-order chi connectivity index (χ1) is 12.6. The fourth-order valence-electron chi connectivity index (χ4n) is 6.34. The fraction of sp³-hybridized carbons (Fsp3) is 0.750. The first-order valence-corrected chi connectivity index (χ1v) is 11.1. The van der Waals surface area contributed by atoms with E-state index in [0.717, 1.165) is 42.1 Å². The van der Waals surface area contributed by atoms with Crippen molar-refractivity contribution in [3.8, 4) is 0 Å². The molecule has 1 aromatic rings. The molecular weight excluding hydrogens is 326 g/mol. The molecule has 3 fully saturated rings. The summed E-state index contributed by atoms with van der Waals surface area (Å²) in [5.41, 5.74) is 1.04. The molecule has 0 aromatic heterocycles. The molecule has 0 aliphatic heterocycles. The van der Waals surface area contributed by atoms with Gasteiger partial charge in [-0.05, 0) is 106 Å². The Labute approximate surface area is 157 Å². The van der Waals surface area contributed by atoms with Gasteiger partial charge in [0.05, 0.1) is 0 Å². The number of hydrogen-bond donors (Lipinski definition) is 0. The van der Waals surface area contributed by atoms with Crippen molar-refractivity contribution in [1.82, 2.24) is 0 Å². The van der Waals surface area contributed by atoms with Gasteiger partial charge in [-0.25, -0.2) is 8.78 Å². The van der Waals surface area contributed by atoms with Crippen molar-refractivity contribution in [2.24, 2.45) is 23.7 Å². The normalized spacial score (nSPS) is 33.5. The molecule has 0 bridgehead atoms. The van der Waals surface area contributed by atoms with Gasteiger partial charge in [0.15, 0.2) is 0 Å². The summed E-state index contributed by atoms with van der Waals surface area (Å²) in [7, 11) is 0. The van der Waals surface area contributed by atoms with Crippen LogP contribution in [0.5, 0.6) is 0 Å². The molecule has 144 valence electrons. The first-order valence-electron chi connectivity index (χ1n) is 11.1. The Balaban J connectivity index is 1.29. The van der Waals surface area contributed by atoms with Crippen LogP contribution in [0.4, 0.5) is 8.78 Å². The molecule has 0 heterocycles. The van der Waals surface area contributed by atoms with E-state index in [0.29, 0.717) is 5.92 Å². The largest absolute Gasteiger partial charge is 0.207 e. The van der Waals surface area contributed by atoms with Crippen LogP contribution in [0.25, 0.3) is 0 Å². The van der Waals surface area contributed by atoms with E-state index in [1.807, 2.05) is 0 Å². The summed E-state index contributed by atoms with van der Waals surface area (Å²) < 4.78 is 27.8. The molecule has 0 atom stereocenters. The average Bonchev–Trinajstić information content (AvgIpc) is 3.21. The Morgan fingerprint density at radius 3 is 1.46 bits per heavy atom. The quantitative estimate of drug-likeness (QED) is 0.522. The van der Waals surface area contributed by atoms with Crippen LogP contribution in [0.1, 0.15) is 94.1 Å². The van der Waals surface area contributed by atoms with Crippen LogP contribution in [0.2, 0.25) is 0 Å². The van der Waals surface area contributed by atoms with Gasteiger partial charge in [0.25, 0.3) is 0 Å². The van der Waals surface area contributed by atoms with Gasteiger partial charge in [-0.3, -0.25) is 0 Å². The lowest BCUT2D eigenvalue weighted by Crippen LogP contribution is -2.27. The van der Waals surface area contributed by atoms with Gasteiger partial charge in [-0.15, -0.1) is 0 Å². The van der Waals surface area contributed by atoms with Crippen LogP contribution in [0, 0.1) is 42.2 Å². The zero-order valence-corrected chi connectivity index (χ0v) is 16.3. The molecule has 1 aromatic carbocycles. The minimum Gasteiger partial charge on any atom is -0.207 e. The van der Waals surface area contributed by atoms with Crippen molar-refractivity contribution in [1.29, 1.82) is 0 Å². The van der Waals surface area contributed by atoms with Crippen molar-refractivity contribution in [2.75, 3.05) is 0 Å². The molecule has 0 spiro atoms. The topological polar surface area (TPSA) is 0 Å². The number of hydrogen-bond acceptors (Lipinski definition) is 0. The van der Waals surface area contributed by atoms with Gasteiger partial charge < -0.3 is 0 Å². The summed E-state index contributed by atoms with van der Waals surface area (Å²) >= 11 is 0. The second kappa shape index (κ2) is 7.98. The predicted molar refractivity (Wildman–Crippen MR) is 103 cm³/mol. The second-order valence-electron chi connectivity index (χ2n) is 9.44. The maximum absolute atomic E-state index is 13.9. The molecule has 0 saturated heterocycles. The molecule has 2 heteroatoms. The van der Waals surface area contributed by atoms with E-state index in [9.17, 15) is 8.78 Å². The molecule has 4 rings (SSSR count). The van der Waals surface area contributed by atoms with Crippen LogP contribution in [0.15, 0.2) is 12.1 Å². The summed E-state index contributed by atoms with van der Waals surface area (Å²) in [5, 5.41) is 0. The SMILES string of the molecule is Cc1c(F)cc(C2CCC(C3CCC(C4CCCC4)CC3)CC2)cc1F. The highest BCUT2D eigenvalue weighted by Crippen LogP contribution is 2.47. The van der Waals surface area contributed by atoms with E-state index < -0.39 is 0 Å². The van der Waals surface area contributed by atoms with E-state index in [-0.39, 0.29) is 17.2 Å². The summed E-state index contributed by atoms with van der Waals surface area (Å²) in [6.45, 7) is 1.52. The molecule has 3 aliphatic rings. The van der Waals surface area contributed by atoms with Crippen molar-refractivity contribution >= 4 is 0 Å². The minimum absolute atomic E-state index is 0.154. The van der Waals surface area contributed by atoms with Gasteiger partial charge in [-0.1, -0.05) is 25.7 Å². The molecule has 26 heavy (non-hydrogen) atoms. The molecule has 3 aliphatic carbocycles. The Bertz CT molecular complexity index is 578. The highest BCUT2D eigenvalue weighted by Gasteiger charge is 2.34. The molecule has 0 radical (unpaired) electrons. The standard InChI is InChI=1S/C24H34F2/c1-16-23(25)14-22(15-24(16)26)21-12-10-20(11-13-21)19-8-6-18(7-9-19)17-4-2-3-5-17/h14-15,17-21H,2-13H2,1H3. The third kappa shape index (κ3) is 3.85. The Hall–Kier alpha value is -0.920. The third-order valence-corrected chi connectivity index (χ3v) is 8.10. The van der Waals surface area contributed by atoms with Gasteiger partial charge in [0.2, 0.25) is 0 Å². The number of benzene rings is 1. The van der Waals surface area contributed by atoms with Gasteiger partial charge in [-0.2, -0.15) is 0 Å². The van der Waals surface area contributed by atoms with Crippen LogP contribution in [-0.4, -0.2) is 0 Å². The number of halogens is 2.